The zero-order chi connectivity index (χ0) is 17.0. The van der Waals surface area contributed by atoms with Gasteiger partial charge in [0.05, 0.1) is 5.60 Å². The quantitative estimate of drug-likeness (QED) is 0.908. The molecule has 1 aromatic carbocycles. The molecule has 0 radical (unpaired) electrons. The Morgan fingerprint density at radius 2 is 1.76 bits per heavy atom. The van der Waals surface area contributed by atoms with Gasteiger partial charge in [0.1, 0.15) is 0 Å². The van der Waals surface area contributed by atoms with E-state index in [4.69, 9.17) is 0 Å². The first kappa shape index (κ1) is 15.9. The molecule has 2 aliphatic carbocycles. The van der Waals surface area contributed by atoms with Crippen molar-refractivity contribution in [2.75, 3.05) is 0 Å². The third-order valence-electron chi connectivity index (χ3n) is 7.69. The van der Waals surface area contributed by atoms with Gasteiger partial charge in [-0.3, -0.25) is 4.79 Å². The van der Waals surface area contributed by atoms with Crippen LogP contribution >= 0.6 is 0 Å². The van der Waals surface area contributed by atoms with Crippen LogP contribution in [0.1, 0.15) is 63.4 Å². The molecule has 0 aromatic heterocycles. The van der Waals surface area contributed by atoms with E-state index in [-0.39, 0.29) is 12.1 Å². The van der Waals surface area contributed by atoms with E-state index in [2.05, 4.69) is 4.90 Å². The van der Waals surface area contributed by atoms with Gasteiger partial charge in [0.15, 0.2) is 0 Å². The third-order valence-corrected chi connectivity index (χ3v) is 7.69. The van der Waals surface area contributed by atoms with Gasteiger partial charge in [0.2, 0.25) is 5.91 Å². The van der Waals surface area contributed by atoms with Crippen LogP contribution < -0.4 is 0 Å². The first-order chi connectivity index (χ1) is 12.1. The molecule has 2 saturated heterocycles. The van der Waals surface area contributed by atoms with Gasteiger partial charge in [-0.25, -0.2) is 0 Å². The van der Waals surface area contributed by atoms with Gasteiger partial charge < -0.3 is 10.0 Å². The summed E-state index contributed by atoms with van der Waals surface area (Å²) in [7, 11) is 0. The number of piperidine rings is 1. The monoisotopic (exact) mass is 339 g/mol. The molecule has 2 aliphatic heterocycles. The number of nitrogens with zero attached hydrogens (tertiary/aromatic N) is 1. The highest BCUT2D eigenvalue weighted by molar-refractivity contribution is 5.78. The summed E-state index contributed by atoms with van der Waals surface area (Å²) in [6.07, 6.45) is 9.69. The first-order valence-corrected chi connectivity index (χ1v) is 10.2. The van der Waals surface area contributed by atoms with Gasteiger partial charge >= 0.3 is 0 Å². The van der Waals surface area contributed by atoms with Crippen molar-refractivity contribution < 1.29 is 9.90 Å². The second kappa shape index (κ2) is 5.84. The number of carbonyl (C=O) groups excluding carboxylic acids is 1. The SMILES string of the molecule is O=C(CC1CC2CCC1C2)N1C2CCC1CC(O)(c1ccccc1)C2. The molecule has 0 spiro atoms. The highest BCUT2D eigenvalue weighted by Gasteiger charge is 2.50. The molecule has 134 valence electrons. The Hall–Kier alpha value is -1.35. The lowest BCUT2D eigenvalue weighted by molar-refractivity contribution is -0.143. The maximum atomic E-state index is 13.1. The third kappa shape index (κ3) is 2.63. The molecule has 1 amide bonds. The van der Waals surface area contributed by atoms with Crippen LogP contribution in [0.25, 0.3) is 0 Å². The Morgan fingerprint density at radius 1 is 1.04 bits per heavy atom. The van der Waals surface area contributed by atoms with E-state index in [1.165, 1.54) is 25.7 Å². The molecule has 1 N–H and O–H groups in total. The predicted octanol–water partition coefficient (Wildman–Crippen LogP) is 3.85. The minimum Gasteiger partial charge on any atom is -0.385 e. The molecule has 5 rings (SSSR count). The highest BCUT2D eigenvalue weighted by Crippen LogP contribution is 2.51. The maximum Gasteiger partial charge on any atom is 0.223 e. The molecule has 25 heavy (non-hydrogen) atoms. The number of fused-ring (bicyclic) bond motifs is 4. The average Bonchev–Trinajstić information content (AvgIpc) is 3.29. The van der Waals surface area contributed by atoms with Gasteiger partial charge in [-0.15, -0.1) is 0 Å². The molecule has 1 aromatic rings. The molecule has 2 heterocycles. The van der Waals surface area contributed by atoms with Crippen LogP contribution in [0.5, 0.6) is 0 Å². The summed E-state index contributed by atoms with van der Waals surface area (Å²) in [6, 6.07) is 10.5. The predicted molar refractivity (Wildman–Crippen MR) is 96.8 cm³/mol. The number of hydrogen-bond acceptors (Lipinski definition) is 2. The Labute approximate surface area is 150 Å². The Bertz CT molecular complexity index is 643. The summed E-state index contributed by atoms with van der Waals surface area (Å²) in [5, 5.41) is 11.3. The molecule has 4 fully saturated rings. The van der Waals surface area contributed by atoms with Gasteiger partial charge in [0, 0.05) is 31.3 Å². The average molecular weight is 339 g/mol. The van der Waals surface area contributed by atoms with E-state index in [0.29, 0.717) is 24.7 Å². The summed E-state index contributed by atoms with van der Waals surface area (Å²) >= 11 is 0. The van der Waals surface area contributed by atoms with Crippen LogP contribution in [0.15, 0.2) is 30.3 Å². The Kier molecular flexibility index (Phi) is 3.70. The van der Waals surface area contributed by atoms with E-state index in [9.17, 15) is 9.90 Å². The first-order valence-electron chi connectivity index (χ1n) is 10.2. The second-order valence-corrected chi connectivity index (χ2v) is 9.13. The zero-order valence-corrected chi connectivity index (χ0v) is 14.9. The number of rotatable bonds is 3. The van der Waals surface area contributed by atoms with Crippen LogP contribution in [-0.4, -0.2) is 28.0 Å². The summed E-state index contributed by atoms with van der Waals surface area (Å²) in [5.41, 5.74) is 0.267. The molecule has 5 atom stereocenters. The van der Waals surface area contributed by atoms with E-state index < -0.39 is 5.60 Å². The van der Waals surface area contributed by atoms with Crippen molar-refractivity contribution in [2.24, 2.45) is 17.8 Å². The zero-order valence-electron chi connectivity index (χ0n) is 14.9. The van der Waals surface area contributed by atoms with E-state index >= 15 is 0 Å². The van der Waals surface area contributed by atoms with E-state index in [1.54, 1.807) is 0 Å². The van der Waals surface area contributed by atoms with Crippen molar-refractivity contribution in [3.8, 4) is 0 Å². The van der Waals surface area contributed by atoms with Gasteiger partial charge in [-0.05, 0) is 55.4 Å². The van der Waals surface area contributed by atoms with Gasteiger partial charge in [-0.1, -0.05) is 36.8 Å². The molecular formula is C22H29NO2. The van der Waals surface area contributed by atoms with Crippen molar-refractivity contribution in [3.05, 3.63) is 35.9 Å². The summed E-state index contributed by atoms with van der Waals surface area (Å²) in [5.74, 6) is 2.74. The van der Waals surface area contributed by atoms with Crippen LogP contribution in [0.4, 0.5) is 0 Å². The van der Waals surface area contributed by atoms with Crippen molar-refractivity contribution in [2.45, 2.75) is 75.5 Å². The standard InChI is InChI=1S/C22H29NO2/c24-21(12-17-11-15-6-7-16(17)10-15)23-19-8-9-20(23)14-22(25,13-19)18-4-2-1-3-5-18/h1-5,15-17,19-20,25H,6-14H2. The lowest BCUT2D eigenvalue weighted by Crippen LogP contribution is -2.52. The van der Waals surface area contributed by atoms with E-state index in [1.807, 2.05) is 30.3 Å². The second-order valence-electron chi connectivity index (χ2n) is 9.13. The van der Waals surface area contributed by atoms with Crippen molar-refractivity contribution in [1.82, 2.24) is 4.90 Å². The van der Waals surface area contributed by atoms with Gasteiger partial charge in [0.25, 0.3) is 0 Å². The number of benzene rings is 1. The molecule has 3 nitrogen and oxygen atoms in total. The molecule has 3 heteroatoms. The number of amides is 1. The fourth-order valence-electron chi connectivity index (χ4n) is 6.57. The number of aliphatic hydroxyl groups is 1. The van der Waals surface area contributed by atoms with Gasteiger partial charge in [-0.2, -0.15) is 0 Å². The Balaban J connectivity index is 1.30. The number of hydrogen-bond donors (Lipinski definition) is 1. The van der Waals surface area contributed by atoms with Crippen molar-refractivity contribution in [1.29, 1.82) is 0 Å². The van der Waals surface area contributed by atoms with Crippen LogP contribution in [0.3, 0.4) is 0 Å². The lowest BCUT2D eigenvalue weighted by atomic mass is 9.80. The minimum atomic E-state index is -0.754. The maximum absolute atomic E-state index is 13.1. The van der Waals surface area contributed by atoms with Crippen molar-refractivity contribution >= 4 is 5.91 Å². The van der Waals surface area contributed by atoms with Crippen LogP contribution in [-0.2, 0) is 10.4 Å². The normalized spacial score (nSPS) is 42.1. The largest absolute Gasteiger partial charge is 0.385 e. The summed E-state index contributed by atoms with van der Waals surface area (Å²) < 4.78 is 0. The van der Waals surface area contributed by atoms with E-state index in [0.717, 1.165) is 36.7 Å². The Morgan fingerprint density at radius 3 is 2.36 bits per heavy atom. The fraction of sp³-hybridized carbons (Fsp3) is 0.682. The smallest absolute Gasteiger partial charge is 0.223 e. The molecule has 4 aliphatic rings. The fourth-order valence-corrected chi connectivity index (χ4v) is 6.57. The molecular weight excluding hydrogens is 310 g/mol. The summed E-state index contributed by atoms with van der Waals surface area (Å²) in [6.45, 7) is 0. The molecule has 4 bridgehead atoms. The van der Waals surface area contributed by atoms with Crippen molar-refractivity contribution in [3.63, 3.8) is 0 Å². The highest BCUT2D eigenvalue weighted by atomic mass is 16.3. The topological polar surface area (TPSA) is 40.5 Å². The number of carbonyl (C=O) groups is 1. The summed E-state index contributed by atoms with van der Waals surface area (Å²) in [4.78, 5) is 15.3. The molecule has 2 saturated carbocycles. The lowest BCUT2D eigenvalue weighted by Gasteiger charge is -2.44. The minimum absolute atomic E-state index is 0.232. The molecule has 5 unspecified atom stereocenters. The van der Waals surface area contributed by atoms with Crippen LogP contribution in [0, 0.1) is 17.8 Å². The van der Waals surface area contributed by atoms with Crippen LogP contribution in [0.2, 0.25) is 0 Å².